The Kier molecular flexibility index (Phi) is 3.98. The van der Waals surface area contributed by atoms with Gasteiger partial charge in [0.15, 0.2) is 6.39 Å². The maximum absolute atomic E-state index is 12.1. The molecule has 0 aliphatic carbocycles. The number of rotatable bonds is 4. The van der Waals surface area contributed by atoms with Crippen molar-refractivity contribution in [1.82, 2.24) is 4.98 Å². The number of hydrogen-bond acceptors (Lipinski definition) is 4. The van der Waals surface area contributed by atoms with Crippen molar-refractivity contribution in [1.29, 1.82) is 0 Å². The van der Waals surface area contributed by atoms with Gasteiger partial charge in [0.1, 0.15) is 11.5 Å². The number of nitrogens with zero attached hydrogens (tertiary/aromatic N) is 1. The molecule has 4 nitrogen and oxygen atoms in total. The van der Waals surface area contributed by atoms with E-state index in [1.807, 2.05) is 0 Å². The van der Waals surface area contributed by atoms with Crippen LogP contribution in [0.4, 0.5) is 18.9 Å². The van der Waals surface area contributed by atoms with Gasteiger partial charge in [0.25, 0.3) is 0 Å². The van der Waals surface area contributed by atoms with Crippen LogP contribution in [0.1, 0.15) is 5.76 Å². The molecule has 0 saturated heterocycles. The summed E-state index contributed by atoms with van der Waals surface area (Å²) < 4.78 is 45.3. The van der Waals surface area contributed by atoms with Crippen molar-refractivity contribution in [2.24, 2.45) is 0 Å². The van der Waals surface area contributed by atoms with Gasteiger partial charge in [-0.05, 0) is 34.1 Å². The van der Waals surface area contributed by atoms with Gasteiger partial charge in [0.05, 0.1) is 17.2 Å². The van der Waals surface area contributed by atoms with Crippen molar-refractivity contribution in [3.63, 3.8) is 0 Å². The minimum atomic E-state index is -4.71. The molecule has 1 aromatic heterocycles. The molecule has 8 heteroatoms. The molecule has 19 heavy (non-hydrogen) atoms. The molecular formula is C11H8BrF3N2O2. The zero-order chi connectivity index (χ0) is 13.9. The monoisotopic (exact) mass is 336 g/mol. The van der Waals surface area contributed by atoms with Crippen molar-refractivity contribution < 1.29 is 22.3 Å². The summed E-state index contributed by atoms with van der Waals surface area (Å²) in [5.74, 6) is 0.324. The molecule has 0 bridgehead atoms. The first-order chi connectivity index (χ1) is 8.94. The second-order valence-electron chi connectivity index (χ2n) is 3.51. The summed E-state index contributed by atoms with van der Waals surface area (Å²) in [5.41, 5.74) is 0.623. The van der Waals surface area contributed by atoms with Crippen LogP contribution in [0, 0.1) is 0 Å². The van der Waals surface area contributed by atoms with E-state index in [0.717, 1.165) is 0 Å². The van der Waals surface area contributed by atoms with E-state index in [0.29, 0.717) is 18.0 Å². The summed E-state index contributed by atoms with van der Waals surface area (Å²) in [7, 11) is 0. The molecule has 0 fully saturated rings. The molecule has 2 rings (SSSR count). The van der Waals surface area contributed by atoms with E-state index in [4.69, 9.17) is 4.42 Å². The zero-order valence-corrected chi connectivity index (χ0v) is 11.0. The van der Waals surface area contributed by atoms with Crippen LogP contribution in [-0.2, 0) is 6.54 Å². The highest BCUT2D eigenvalue weighted by atomic mass is 79.9. The molecule has 0 unspecified atom stereocenters. The number of nitrogens with one attached hydrogen (secondary N) is 1. The molecule has 0 amide bonds. The van der Waals surface area contributed by atoms with Gasteiger partial charge < -0.3 is 14.5 Å². The fourth-order valence-corrected chi connectivity index (χ4v) is 1.80. The minimum absolute atomic E-state index is 0.201. The van der Waals surface area contributed by atoms with Gasteiger partial charge >= 0.3 is 6.36 Å². The maximum atomic E-state index is 12.1. The van der Waals surface area contributed by atoms with Crippen LogP contribution in [0.5, 0.6) is 5.75 Å². The minimum Gasteiger partial charge on any atom is -0.447 e. The lowest BCUT2D eigenvalue weighted by Gasteiger charge is -2.12. The number of halogens is 4. The lowest BCUT2D eigenvalue weighted by Crippen LogP contribution is -2.17. The van der Waals surface area contributed by atoms with Gasteiger partial charge in [-0.2, -0.15) is 0 Å². The second kappa shape index (κ2) is 5.52. The summed E-state index contributed by atoms with van der Waals surface area (Å²) in [6.07, 6.45) is -1.87. The third-order valence-corrected chi connectivity index (χ3v) is 2.73. The molecule has 0 atom stereocenters. The van der Waals surface area contributed by atoms with Gasteiger partial charge in [-0.1, -0.05) is 0 Å². The molecule has 1 N–H and O–H groups in total. The molecule has 0 radical (unpaired) electrons. The van der Waals surface area contributed by atoms with Crippen molar-refractivity contribution in [2.75, 3.05) is 5.32 Å². The lowest BCUT2D eigenvalue weighted by molar-refractivity contribution is -0.274. The van der Waals surface area contributed by atoms with E-state index in [1.54, 1.807) is 6.20 Å². The third-order valence-electron chi connectivity index (χ3n) is 2.11. The first-order valence-electron chi connectivity index (χ1n) is 5.10. The van der Waals surface area contributed by atoms with Crippen LogP contribution in [0.25, 0.3) is 0 Å². The van der Waals surface area contributed by atoms with E-state index >= 15 is 0 Å². The maximum Gasteiger partial charge on any atom is 0.573 e. The summed E-state index contributed by atoms with van der Waals surface area (Å²) in [6.45, 7) is 0.381. The highest BCUT2D eigenvalue weighted by Gasteiger charge is 2.31. The first-order valence-corrected chi connectivity index (χ1v) is 5.90. The van der Waals surface area contributed by atoms with Crippen LogP contribution in [0.15, 0.2) is 39.7 Å². The molecule has 0 spiro atoms. The predicted octanol–water partition coefficient (Wildman–Crippen LogP) is 3.95. The van der Waals surface area contributed by atoms with Crippen molar-refractivity contribution >= 4 is 21.6 Å². The van der Waals surface area contributed by atoms with Crippen LogP contribution >= 0.6 is 15.9 Å². The fourth-order valence-electron chi connectivity index (χ4n) is 1.34. The van der Waals surface area contributed by atoms with Gasteiger partial charge in [-0.3, -0.25) is 0 Å². The van der Waals surface area contributed by atoms with E-state index in [1.165, 1.54) is 24.6 Å². The second-order valence-corrected chi connectivity index (χ2v) is 4.37. The SMILES string of the molecule is FC(F)(F)Oc1ccc(NCc2cnco2)cc1Br. The Balaban J connectivity index is 2.02. The molecule has 0 aliphatic rings. The van der Waals surface area contributed by atoms with Gasteiger partial charge in [-0.15, -0.1) is 13.2 Å². The summed E-state index contributed by atoms with van der Waals surface area (Å²) in [4.78, 5) is 3.75. The normalized spacial score (nSPS) is 11.4. The number of benzene rings is 1. The Hall–Kier alpha value is -1.70. The standard InChI is InChI=1S/C11H8BrF3N2O2/c12-9-3-7(17-5-8-4-16-6-18-8)1-2-10(9)19-11(13,14)15/h1-4,6,17H,5H2. The number of hydrogen-bond donors (Lipinski definition) is 1. The highest BCUT2D eigenvalue weighted by molar-refractivity contribution is 9.10. The van der Waals surface area contributed by atoms with Crippen molar-refractivity contribution in [3.05, 3.63) is 41.0 Å². The summed E-state index contributed by atoms with van der Waals surface area (Å²) in [5, 5.41) is 2.98. The van der Waals surface area contributed by atoms with Crippen molar-refractivity contribution in [2.45, 2.75) is 12.9 Å². The summed E-state index contributed by atoms with van der Waals surface area (Å²) >= 11 is 3.02. The third kappa shape index (κ3) is 4.16. The van der Waals surface area contributed by atoms with Crippen molar-refractivity contribution in [3.8, 4) is 5.75 Å². The van der Waals surface area contributed by atoms with Gasteiger partial charge in [-0.25, -0.2) is 4.98 Å². The molecular weight excluding hydrogens is 329 g/mol. The quantitative estimate of drug-likeness (QED) is 0.918. The molecule has 2 aromatic rings. The Morgan fingerprint density at radius 1 is 1.37 bits per heavy atom. The number of anilines is 1. The fraction of sp³-hybridized carbons (Fsp3) is 0.182. The first kappa shape index (κ1) is 13.7. The topological polar surface area (TPSA) is 47.3 Å². The average molecular weight is 337 g/mol. The smallest absolute Gasteiger partial charge is 0.447 e. The van der Waals surface area contributed by atoms with Crippen LogP contribution in [-0.4, -0.2) is 11.3 Å². The van der Waals surface area contributed by atoms with Crippen LogP contribution in [0.3, 0.4) is 0 Å². The van der Waals surface area contributed by atoms with Crippen LogP contribution in [0.2, 0.25) is 0 Å². The van der Waals surface area contributed by atoms with E-state index in [-0.39, 0.29) is 10.2 Å². The largest absolute Gasteiger partial charge is 0.573 e. The Labute approximate surface area is 114 Å². The van der Waals surface area contributed by atoms with Crippen LogP contribution < -0.4 is 10.1 Å². The molecule has 1 heterocycles. The number of alkyl halides is 3. The molecule has 0 saturated carbocycles. The van der Waals surface area contributed by atoms with Gasteiger partial charge in [0.2, 0.25) is 0 Å². The van der Waals surface area contributed by atoms with E-state index in [9.17, 15) is 13.2 Å². The summed E-state index contributed by atoms with van der Waals surface area (Å²) in [6, 6.07) is 4.18. The average Bonchev–Trinajstić information content (AvgIpc) is 2.81. The Morgan fingerprint density at radius 2 is 2.16 bits per heavy atom. The van der Waals surface area contributed by atoms with E-state index < -0.39 is 6.36 Å². The zero-order valence-electron chi connectivity index (χ0n) is 9.37. The molecule has 102 valence electrons. The lowest BCUT2D eigenvalue weighted by atomic mass is 10.3. The Morgan fingerprint density at radius 3 is 2.74 bits per heavy atom. The van der Waals surface area contributed by atoms with Gasteiger partial charge in [0, 0.05) is 5.69 Å². The molecule has 1 aromatic carbocycles. The van der Waals surface area contributed by atoms with E-state index in [2.05, 4.69) is 31.0 Å². The predicted molar refractivity (Wildman–Crippen MR) is 64.7 cm³/mol. The Bertz CT molecular complexity index is 543. The molecule has 0 aliphatic heterocycles. The number of ether oxygens (including phenoxy) is 1. The highest BCUT2D eigenvalue weighted by Crippen LogP contribution is 2.32. The number of oxazole rings is 1. The number of aromatic nitrogens is 1.